The predicted octanol–water partition coefficient (Wildman–Crippen LogP) is 7.53. The van der Waals surface area contributed by atoms with Gasteiger partial charge in [0.15, 0.2) is 0 Å². The van der Waals surface area contributed by atoms with Gasteiger partial charge in [-0.15, -0.1) is 0 Å². The number of hydrogen-bond acceptors (Lipinski definition) is 4. The van der Waals surface area contributed by atoms with Crippen molar-refractivity contribution in [2.24, 2.45) is 5.92 Å². The van der Waals surface area contributed by atoms with E-state index in [4.69, 9.17) is 23.2 Å². The fraction of sp³-hybridized carbons (Fsp3) is 0.297. The lowest BCUT2D eigenvalue weighted by Crippen LogP contribution is -2.53. The van der Waals surface area contributed by atoms with Crippen molar-refractivity contribution in [3.8, 4) is 0 Å². The molecule has 4 aromatic rings. The van der Waals surface area contributed by atoms with Crippen LogP contribution >= 0.6 is 23.2 Å². The molecule has 0 saturated carbocycles. The molecule has 0 fully saturated rings. The number of nitrogens with zero attached hydrogens (tertiary/aromatic N) is 2. The molecule has 0 aliphatic carbocycles. The zero-order valence-electron chi connectivity index (χ0n) is 27.3. The summed E-state index contributed by atoms with van der Waals surface area (Å²) in [5, 5.41) is 3.75. The first-order valence-corrected chi connectivity index (χ1v) is 17.7. The highest BCUT2D eigenvalue weighted by molar-refractivity contribution is 7.92. The first-order chi connectivity index (χ1) is 22.3. The Bertz CT molecular complexity index is 1810. The van der Waals surface area contributed by atoms with E-state index in [9.17, 15) is 18.0 Å². The molecule has 7 nitrogen and oxygen atoms in total. The third-order valence-electron chi connectivity index (χ3n) is 8.04. The summed E-state index contributed by atoms with van der Waals surface area (Å²) in [5.74, 6) is -0.737. The predicted molar refractivity (Wildman–Crippen MR) is 190 cm³/mol. The minimum Gasteiger partial charge on any atom is -0.354 e. The van der Waals surface area contributed by atoms with E-state index in [-0.39, 0.29) is 29.7 Å². The van der Waals surface area contributed by atoms with E-state index in [1.165, 1.54) is 17.0 Å². The number of anilines is 1. The van der Waals surface area contributed by atoms with Gasteiger partial charge in [-0.05, 0) is 79.3 Å². The van der Waals surface area contributed by atoms with Crippen LogP contribution in [0.5, 0.6) is 0 Å². The molecular formula is C37H41Cl2N3O4S. The number of aryl methyl sites for hydroxylation is 2. The third-order valence-corrected chi connectivity index (χ3v) is 10.4. The summed E-state index contributed by atoms with van der Waals surface area (Å²) in [5.41, 5.74) is 4.29. The summed E-state index contributed by atoms with van der Waals surface area (Å²) < 4.78 is 29.8. The van der Waals surface area contributed by atoms with Crippen LogP contribution in [0.2, 0.25) is 10.0 Å². The molecule has 1 N–H and O–H groups in total. The largest absolute Gasteiger partial charge is 0.354 e. The summed E-state index contributed by atoms with van der Waals surface area (Å²) >= 11 is 12.8. The maximum Gasteiger partial charge on any atom is 0.264 e. The van der Waals surface area contributed by atoms with Gasteiger partial charge in [-0.2, -0.15) is 0 Å². The molecule has 47 heavy (non-hydrogen) atoms. The van der Waals surface area contributed by atoms with Gasteiger partial charge < -0.3 is 10.2 Å². The van der Waals surface area contributed by atoms with Crippen LogP contribution < -0.4 is 9.62 Å². The topological polar surface area (TPSA) is 86.8 Å². The number of halogens is 2. The number of carbonyl (C=O) groups is 2. The molecule has 0 saturated heterocycles. The van der Waals surface area contributed by atoms with Gasteiger partial charge in [0.1, 0.15) is 12.6 Å². The van der Waals surface area contributed by atoms with Crippen molar-refractivity contribution in [1.29, 1.82) is 0 Å². The van der Waals surface area contributed by atoms with Crippen LogP contribution in [0.25, 0.3) is 0 Å². The Labute approximate surface area is 288 Å². The Morgan fingerprint density at radius 3 is 2.17 bits per heavy atom. The summed E-state index contributed by atoms with van der Waals surface area (Å²) in [7, 11) is -4.21. The fourth-order valence-corrected chi connectivity index (χ4v) is 7.11. The van der Waals surface area contributed by atoms with E-state index >= 15 is 0 Å². The van der Waals surface area contributed by atoms with Crippen molar-refractivity contribution in [2.75, 3.05) is 17.4 Å². The Kier molecular flexibility index (Phi) is 12.1. The van der Waals surface area contributed by atoms with Crippen LogP contribution in [0.15, 0.2) is 95.9 Å². The zero-order chi connectivity index (χ0) is 34.3. The fourth-order valence-electron chi connectivity index (χ4n) is 5.17. The standard InChI is InChI=1S/C37H41Cl2N3O4S/c1-25(2)22-40-37(44)35(20-29-11-7-6-8-12-29)41(23-30-16-17-31(38)21-33(30)39)36(43)24-42(34-13-9-10-27(4)28(34)5)47(45,46)32-18-14-26(3)15-19-32/h6-19,21,25,35H,20,22-24H2,1-5H3,(H,40,44)/t35-/m0/s1. The highest BCUT2D eigenvalue weighted by atomic mass is 35.5. The molecule has 4 aromatic carbocycles. The average Bonchev–Trinajstić information content (AvgIpc) is 3.03. The number of benzene rings is 4. The van der Waals surface area contributed by atoms with Crippen LogP contribution in [-0.2, 0) is 32.6 Å². The van der Waals surface area contributed by atoms with Crippen LogP contribution in [0.3, 0.4) is 0 Å². The second-order valence-electron chi connectivity index (χ2n) is 12.1. The van der Waals surface area contributed by atoms with E-state index in [2.05, 4.69) is 5.32 Å². The highest BCUT2D eigenvalue weighted by Crippen LogP contribution is 2.30. The minimum absolute atomic E-state index is 0.0490. The van der Waals surface area contributed by atoms with E-state index < -0.39 is 28.5 Å². The van der Waals surface area contributed by atoms with Crippen LogP contribution in [0.1, 0.15) is 41.7 Å². The van der Waals surface area contributed by atoms with E-state index in [1.54, 1.807) is 42.5 Å². The molecule has 1 atom stereocenters. The Hall–Kier alpha value is -3.85. The van der Waals surface area contributed by atoms with Gasteiger partial charge in [0, 0.05) is 29.6 Å². The maximum absolute atomic E-state index is 14.7. The van der Waals surface area contributed by atoms with Crippen molar-refractivity contribution in [3.63, 3.8) is 0 Å². The molecule has 0 aliphatic rings. The lowest BCUT2D eigenvalue weighted by atomic mass is 10.0. The molecule has 0 spiro atoms. The van der Waals surface area contributed by atoms with Crippen molar-refractivity contribution in [2.45, 2.75) is 58.5 Å². The van der Waals surface area contributed by atoms with E-state index in [1.807, 2.05) is 71.0 Å². The summed E-state index contributed by atoms with van der Waals surface area (Å²) in [6.07, 6.45) is 0.204. The minimum atomic E-state index is -4.21. The second-order valence-corrected chi connectivity index (χ2v) is 14.9. The number of amides is 2. The maximum atomic E-state index is 14.7. The SMILES string of the molecule is Cc1ccc(S(=O)(=O)N(CC(=O)N(Cc2ccc(Cl)cc2Cl)[C@@H](Cc2ccccc2)C(=O)NCC(C)C)c2cccc(C)c2C)cc1. The zero-order valence-corrected chi connectivity index (χ0v) is 29.7. The quantitative estimate of drug-likeness (QED) is 0.157. The van der Waals surface area contributed by atoms with Crippen LogP contribution in [0, 0.1) is 26.7 Å². The monoisotopic (exact) mass is 693 g/mol. The molecule has 0 aromatic heterocycles. The molecular weight excluding hydrogens is 653 g/mol. The molecule has 0 unspecified atom stereocenters. The Morgan fingerprint density at radius 1 is 0.851 bits per heavy atom. The van der Waals surface area contributed by atoms with Gasteiger partial charge >= 0.3 is 0 Å². The molecule has 0 bridgehead atoms. The number of hydrogen-bond donors (Lipinski definition) is 1. The molecule has 4 rings (SSSR count). The number of carbonyl (C=O) groups excluding carboxylic acids is 2. The first-order valence-electron chi connectivity index (χ1n) is 15.5. The van der Waals surface area contributed by atoms with Crippen molar-refractivity contribution < 1.29 is 18.0 Å². The molecule has 0 aliphatic heterocycles. The first kappa shape index (κ1) is 36.0. The Morgan fingerprint density at radius 2 is 1.53 bits per heavy atom. The summed E-state index contributed by atoms with van der Waals surface area (Å²) in [6, 6.07) is 25.3. The van der Waals surface area contributed by atoms with Crippen molar-refractivity contribution in [3.05, 3.63) is 129 Å². The van der Waals surface area contributed by atoms with Crippen molar-refractivity contribution in [1.82, 2.24) is 10.2 Å². The third kappa shape index (κ3) is 9.15. The van der Waals surface area contributed by atoms with Gasteiger partial charge in [0.25, 0.3) is 10.0 Å². The lowest BCUT2D eigenvalue weighted by molar-refractivity contribution is -0.140. The van der Waals surface area contributed by atoms with Gasteiger partial charge in [0.05, 0.1) is 10.6 Å². The van der Waals surface area contributed by atoms with Gasteiger partial charge in [0.2, 0.25) is 11.8 Å². The van der Waals surface area contributed by atoms with Crippen LogP contribution in [-0.4, -0.2) is 44.3 Å². The number of nitrogens with one attached hydrogen (secondary N) is 1. The van der Waals surface area contributed by atoms with Gasteiger partial charge in [-0.3, -0.25) is 13.9 Å². The number of sulfonamides is 1. The lowest BCUT2D eigenvalue weighted by Gasteiger charge is -2.34. The molecule has 2 amide bonds. The van der Waals surface area contributed by atoms with Crippen molar-refractivity contribution >= 4 is 50.7 Å². The number of rotatable bonds is 13. The Balaban J connectivity index is 1.85. The second kappa shape index (κ2) is 15.8. The van der Waals surface area contributed by atoms with E-state index in [0.29, 0.717) is 27.8 Å². The van der Waals surface area contributed by atoms with Gasteiger partial charge in [-0.1, -0.05) is 103 Å². The molecule has 10 heteroatoms. The van der Waals surface area contributed by atoms with Gasteiger partial charge in [-0.25, -0.2) is 8.42 Å². The molecule has 0 radical (unpaired) electrons. The van der Waals surface area contributed by atoms with E-state index in [0.717, 1.165) is 26.6 Å². The average molecular weight is 695 g/mol. The van der Waals surface area contributed by atoms with Crippen LogP contribution in [0.4, 0.5) is 5.69 Å². The summed E-state index contributed by atoms with van der Waals surface area (Å²) in [4.78, 5) is 30.1. The normalized spacial score (nSPS) is 12.1. The highest BCUT2D eigenvalue weighted by Gasteiger charge is 2.35. The molecule has 248 valence electrons. The molecule has 0 heterocycles. The summed E-state index contributed by atoms with van der Waals surface area (Å²) in [6.45, 7) is 9.38. The smallest absolute Gasteiger partial charge is 0.264 e.